The van der Waals surface area contributed by atoms with E-state index in [0.29, 0.717) is 0 Å². The summed E-state index contributed by atoms with van der Waals surface area (Å²) in [5.74, 6) is 0. The van der Waals surface area contributed by atoms with Crippen LogP contribution in [0.2, 0.25) is 0 Å². The number of pyridine rings is 1. The molecule has 23 heavy (non-hydrogen) atoms. The zero-order chi connectivity index (χ0) is 15.9. The maximum absolute atomic E-state index is 5.57. The third-order valence-electron chi connectivity index (χ3n) is 3.98. The summed E-state index contributed by atoms with van der Waals surface area (Å²) < 4.78 is 13.3. The van der Waals surface area contributed by atoms with Crippen molar-refractivity contribution >= 4 is 12.2 Å². The van der Waals surface area contributed by atoms with Gasteiger partial charge in [-0.25, -0.2) is 4.57 Å². The van der Waals surface area contributed by atoms with Gasteiger partial charge in [0.25, 0.3) is 0 Å². The first-order valence-electron chi connectivity index (χ1n) is 8.27. The Morgan fingerprint density at radius 2 is 1.57 bits per heavy atom. The topological polar surface area (TPSA) is 22.3 Å². The average molecular weight is 310 g/mol. The molecule has 2 aromatic rings. The molecule has 0 radical (unpaired) electrons. The molecule has 0 spiro atoms. The smallest absolute Gasteiger partial charge is 0.169 e. The van der Waals surface area contributed by atoms with Gasteiger partial charge in [-0.3, -0.25) is 0 Å². The Balaban J connectivity index is 1.53. The number of hydrogen-bond acceptors (Lipinski definition) is 2. The molecule has 1 saturated heterocycles. The van der Waals surface area contributed by atoms with Crippen LogP contribution < -0.4 is 4.57 Å². The maximum atomic E-state index is 5.57. The lowest BCUT2D eigenvalue weighted by molar-refractivity contribution is -0.699. The average Bonchev–Trinajstić information content (AvgIpc) is 2.61. The van der Waals surface area contributed by atoms with Crippen molar-refractivity contribution in [3.05, 3.63) is 65.5 Å². The largest absolute Gasteiger partial charge is 0.352 e. The standard InChI is InChI=1S/C20H24NO2/c1-17-3-5-18(6-4-17)7-8-19-9-12-21(13-10-19)14-11-20-22-15-2-16-23-20/h3-10,12-13,20H,2,11,14-16H2,1H3/q+1/b8-7+. The highest BCUT2D eigenvalue weighted by molar-refractivity contribution is 5.69. The third-order valence-corrected chi connectivity index (χ3v) is 3.98. The highest BCUT2D eigenvalue weighted by Crippen LogP contribution is 2.10. The van der Waals surface area contributed by atoms with E-state index in [1.165, 1.54) is 16.7 Å². The number of rotatable bonds is 5. The van der Waals surface area contributed by atoms with Gasteiger partial charge < -0.3 is 9.47 Å². The molecule has 0 unspecified atom stereocenters. The highest BCUT2D eigenvalue weighted by Gasteiger charge is 2.15. The molecule has 1 aromatic carbocycles. The number of hydrogen-bond donors (Lipinski definition) is 0. The second-order valence-corrected chi connectivity index (χ2v) is 5.93. The van der Waals surface area contributed by atoms with Crippen molar-refractivity contribution in [2.75, 3.05) is 13.2 Å². The van der Waals surface area contributed by atoms with Gasteiger partial charge in [0.1, 0.15) is 0 Å². The molecule has 2 heterocycles. The molecule has 3 heteroatoms. The van der Waals surface area contributed by atoms with Crippen LogP contribution in [-0.2, 0) is 16.0 Å². The third kappa shape index (κ3) is 5.02. The summed E-state index contributed by atoms with van der Waals surface area (Å²) in [6.07, 6.45) is 10.4. The van der Waals surface area contributed by atoms with Crippen LogP contribution in [-0.4, -0.2) is 19.5 Å². The lowest BCUT2D eigenvalue weighted by Crippen LogP contribution is -2.36. The van der Waals surface area contributed by atoms with Gasteiger partial charge in [-0.1, -0.05) is 42.0 Å². The van der Waals surface area contributed by atoms with Gasteiger partial charge in [-0.05, 0) is 24.5 Å². The molecule has 1 fully saturated rings. The van der Waals surface area contributed by atoms with E-state index in [4.69, 9.17) is 9.47 Å². The number of nitrogens with zero attached hydrogens (tertiary/aromatic N) is 1. The first-order valence-corrected chi connectivity index (χ1v) is 8.27. The van der Waals surface area contributed by atoms with Gasteiger partial charge >= 0.3 is 0 Å². The number of aromatic nitrogens is 1. The van der Waals surface area contributed by atoms with Crippen LogP contribution >= 0.6 is 0 Å². The van der Waals surface area contributed by atoms with Gasteiger partial charge in [-0.15, -0.1) is 0 Å². The summed E-state index contributed by atoms with van der Waals surface area (Å²) in [7, 11) is 0. The molecule has 0 N–H and O–H groups in total. The van der Waals surface area contributed by atoms with E-state index in [1.807, 2.05) is 0 Å². The molecule has 0 saturated carbocycles. The summed E-state index contributed by atoms with van der Waals surface area (Å²) in [5.41, 5.74) is 3.71. The van der Waals surface area contributed by atoms with Crippen molar-refractivity contribution in [2.45, 2.75) is 32.6 Å². The predicted octanol–water partition coefficient (Wildman–Crippen LogP) is 3.61. The highest BCUT2D eigenvalue weighted by atomic mass is 16.7. The van der Waals surface area contributed by atoms with Gasteiger partial charge in [0.15, 0.2) is 25.2 Å². The monoisotopic (exact) mass is 310 g/mol. The van der Waals surface area contributed by atoms with E-state index in [0.717, 1.165) is 32.6 Å². The summed E-state index contributed by atoms with van der Waals surface area (Å²) in [6.45, 7) is 4.65. The Morgan fingerprint density at radius 1 is 0.957 bits per heavy atom. The summed E-state index contributed by atoms with van der Waals surface area (Å²) in [4.78, 5) is 0. The molecule has 0 atom stereocenters. The van der Waals surface area contributed by atoms with E-state index in [9.17, 15) is 0 Å². The minimum absolute atomic E-state index is 0.0441. The van der Waals surface area contributed by atoms with E-state index >= 15 is 0 Å². The zero-order valence-electron chi connectivity index (χ0n) is 13.7. The normalized spacial score (nSPS) is 16.0. The number of aryl methyl sites for hydroxylation is 2. The lowest BCUT2D eigenvalue weighted by atomic mass is 10.1. The van der Waals surface area contributed by atoms with E-state index < -0.39 is 0 Å². The molecule has 1 aliphatic rings. The fraction of sp³-hybridized carbons (Fsp3) is 0.350. The zero-order valence-corrected chi connectivity index (χ0v) is 13.7. The second kappa shape index (κ2) is 8.04. The number of ether oxygens (including phenoxy) is 2. The lowest BCUT2D eigenvalue weighted by Gasteiger charge is -2.21. The molecule has 1 aromatic heterocycles. The molecule has 0 bridgehead atoms. The van der Waals surface area contributed by atoms with Gasteiger partial charge in [0, 0.05) is 12.1 Å². The Hall–Kier alpha value is -1.97. The van der Waals surface area contributed by atoms with Gasteiger partial charge in [0.2, 0.25) is 0 Å². The van der Waals surface area contributed by atoms with Crippen molar-refractivity contribution in [3.63, 3.8) is 0 Å². The van der Waals surface area contributed by atoms with Crippen LogP contribution in [0.15, 0.2) is 48.8 Å². The van der Waals surface area contributed by atoms with Crippen molar-refractivity contribution < 1.29 is 14.0 Å². The Kier molecular flexibility index (Phi) is 5.56. The van der Waals surface area contributed by atoms with Crippen LogP contribution in [0.4, 0.5) is 0 Å². The Bertz CT molecular complexity index is 626. The van der Waals surface area contributed by atoms with Crippen molar-refractivity contribution in [1.29, 1.82) is 0 Å². The first kappa shape index (κ1) is 15.9. The minimum atomic E-state index is -0.0441. The Labute approximate surface area is 138 Å². The minimum Gasteiger partial charge on any atom is -0.352 e. The fourth-order valence-electron chi connectivity index (χ4n) is 2.56. The summed E-state index contributed by atoms with van der Waals surface area (Å²) >= 11 is 0. The number of benzene rings is 1. The van der Waals surface area contributed by atoms with Crippen LogP contribution in [0.1, 0.15) is 29.5 Å². The van der Waals surface area contributed by atoms with Crippen molar-refractivity contribution in [2.24, 2.45) is 0 Å². The quantitative estimate of drug-likeness (QED) is 0.787. The molecule has 1 aliphatic heterocycles. The van der Waals surface area contributed by atoms with Crippen LogP contribution in [0.5, 0.6) is 0 Å². The Morgan fingerprint density at radius 3 is 2.22 bits per heavy atom. The molecule has 0 amide bonds. The molecule has 3 nitrogen and oxygen atoms in total. The summed E-state index contributed by atoms with van der Waals surface area (Å²) in [5, 5.41) is 0. The summed E-state index contributed by atoms with van der Waals surface area (Å²) in [6, 6.07) is 12.8. The molecule has 120 valence electrons. The SMILES string of the molecule is Cc1ccc(/C=C/c2cc[n+](CCC3OCCCO3)cc2)cc1. The van der Waals surface area contributed by atoms with Crippen LogP contribution in [0.3, 0.4) is 0 Å². The first-order chi connectivity index (χ1) is 11.3. The second-order valence-electron chi connectivity index (χ2n) is 5.93. The molecule has 3 rings (SSSR count). The van der Waals surface area contributed by atoms with Gasteiger partial charge in [-0.2, -0.15) is 0 Å². The van der Waals surface area contributed by atoms with E-state index in [1.54, 1.807) is 0 Å². The fourth-order valence-corrected chi connectivity index (χ4v) is 2.56. The molecular weight excluding hydrogens is 286 g/mol. The van der Waals surface area contributed by atoms with E-state index in [-0.39, 0.29) is 6.29 Å². The van der Waals surface area contributed by atoms with Crippen LogP contribution in [0, 0.1) is 6.92 Å². The van der Waals surface area contributed by atoms with Crippen LogP contribution in [0.25, 0.3) is 12.2 Å². The van der Waals surface area contributed by atoms with Crippen molar-refractivity contribution in [1.82, 2.24) is 0 Å². The van der Waals surface area contributed by atoms with Gasteiger partial charge in [0.05, 0.1) is 19.6 Å². The molecular formula is C20H24NO2+. The maximum Gasteiger partial charge on any atom is 0.169 e. The van der Waals surface area contributed by atoms with E-state index in [2.05, 4.69) is 72.4 Å². The predicted molar refractivity (Wildman–Crippen MR) is 91.7 cm³/mol. The molecule has 0 aliphatic carbocycles. The van der Waals surface area contributed by atoms with Crippen molar-refractivity contribution in [3.8, 4) is 0 Å².